The second-order valence-corrected chi connectivity index (χ2v) is 5.70. The highest BCUT2D eigenvalue weighted by molar-refractivity contribution is 5.79. The van der Waals surface area contributed by atoms with E-state index in [1.54, 1.807) is 14.2 Å². The van der Waals surface area contributed by atoms with Crippen molar-refractivity contribution in [2.45, 2.75) is 26.7 Å². The average Bonchev–Trinajstić information content (AvgIpc) is 2.62. The van der Waals surface area contributed by atoms with Gasteiger partial charge in [0.15, 0.2) is 5.96 Å². The van der Waals surface area contributed by atoms with Crippen molar-refractivity contribution in [3.05, 3.63) is 29.3 Å². The van der Waals surface area contributed by atoms with E-state index in [-0.39, 0.29) is 0 Å². The number of nitrogens with zero attached hydrogens (tertiary/aromatic N) is 1. The van der Waals surface area contributed by atoms with Gasteiger partial charge < -0.3 is 24.8 Å². The van der Waals surface area contributed by atoms with E-state index in [1.165, 1.54) is 5.56 Å². The number of ether oxygens (including phenoxy) is 3. The summed E-state index contributed by atoms with van der Waals surface area (Å²) in [6.45, 7) is 8.49. The molecule has 1 rings (SSSR count). The van der Waals surface area contributed by atoms with Crippen molar-refractivity contribution in [2.24, 2.45) is 4.99 Å². The van der Waals surface area contributed by atoms with E-state index < -0.39 is 0 Å². The molecule has 0 aliphatic rings. The van der Waals surface area contributed by atoms with Crippen LogP contribution < -0.4 is 15.4 Å². The van der Waals surface area contributed by atoms with Crippen LogP contribution in [0.2, 0.25) is 0 Å². The van der Waals surface area contributed by atoms with Gasteiger partial charge in [0.25, 0.3) is 0 Å². The monoisotopic (exact) mass is 351 g/mol. The third-order valence-electron chi connectivity index (χ3n) is 3.67. The van der Waals surface area contributed by atoms with Crippen molar-refractivity contribution in [3.63, 3.8) is 0 Å². The van der Waals surface area contributed by atoms with Gasteiger partial charge in [-0.3, -0.25) is 4.99 Å². The molecule has 0 heterocycles. The summed E-state index contributed by atoms with van der Waals surface area (Å²) in [5.74, 6) is 1.78. The lowest BCUT2D eigenvalue weighted by molar-refractivity contribution is 0.0702. The average molecular weight is 351 g/mol. The van der Waals surface area contributed by atoms with Gasteiger partial charge in [0, 0.05) is 33.4 Å². The summed E-state index contributed by atoms with van der Waals surface area (Å²) in [6, 6.07) is 6.33. The number of aliphatic imine (C=N–C) groups is 1. The van der Waals surface area contributed by atoms with Crippen LogP contribution in [0.1, 0.15) is 24.5 Å². The minimum Gasteiger partial charge on any atom is -0.496 e. The van der Waals surface area contributed by atoms with Crippen molar-refractivity contribution in [1.82, 2.24) is 10.6 Å². The first-order chi connectivity index (χ1) is 12.2. The summed E-state index contributed by atoms with van der Waals surface area (Å²) in [5.41, 5.74) is 2.40. The summed E-state index contributed by atoms with van der Waals surface area (Å²) in [5, 5.41) is 6.63. The Bertz CT molecular complexity index is 507. The maximum atomic E-state index is 5.44. The molecule has 0 radical (unpaired) electrons. The Balaban J connectivity index is 2.33. The van der Waals surface area contributed by atoms with Gasteiger partial charge in [-0.15, -0.1) is 0 Å². The second kappa shape index (κ2) is 13.5. The highest BCUT2D eigenvalue weighted by atomic mass is 16.5. The van der Waals surface area contributed by atoms with Crippen LogP contribution in [-0.4, -0.2) is 59.6 Å². The SMILES string of the molecule is CCNC(=NCCCOCCOC)NCCc1ccc(C)c(OC)c1. The van der Waals surface area contributed by atoms with E-state index in [1.807, 2.05) is 0 Å². The Hall–Kier alpha value is -1.79. The third-order valence-corrected chi connectivity index (χ3v) is 3.67. The number of aryl methyl sites for hydroxylation is 1. The van der Waals surface area contributed by atoms with Gasteiger partial charge in [-0.25, -0.2) is 0 Å². The van der Waals surface area contributed by atoms with Crippen molar-refractivity contribution < 1.29 is 14.2 Å². The van der Waals surface area contributed by atoms with Crippen LogP contribution in [0.3, 0.4) is 0 Å². The Labute approximate surface area is 152 Å². The van der Waals surface area contributed by atoms with Crippen LogP contribution in [0.15, 0.2) is 23.2 Å². The number of guanidine groups is 1. The van der Waals surface area contributed by atoms with Crippen molar-refractivity contribution in [1.29, 1.82) is 0 Å². The first-order valence-corrected chi connectivity index (χ1v) is 8.93. The zero-order chi connectivity index (χ0) is 18.3. The zero-order valence-corrected chi connectivity index (χ0v) is 16.1. The molecule has 0 saturated heterocycles. The predicted octanol–water partition coefficient (Wildman–Crippen LogP) is 2.15. The fourth-order valence-corrected chi connectivity index (χ4v) is 2.29. The van der Waals surface area contributed by atoms with Crippen LogP contribution in [0.4, 0.5) is 0 Å². The Morgan fingerprint density at radius 1 is 1.12 bits per heavy atom. The summed E-state index contributed by atoms with van der Waals surface area (Å²) in [4.78, 5) is 4.57. The zero-order valence-electron chi connectivity index (χ0n) is 16.1. The van der Waals surface area contributed by atoms with Crippen molar-refractivity contribution in [3.8, 4) is 5.75 Å². The Morgan fingerprint density at radius 2 is 1.96 bits per heavy atom. The molecule has 0 spiro atoms. The molecule has 25 heavy (non-hydrogen) atoms. The number of hydrogen-bond donors (Lipinski definition) is 2. The van der Waals surface area contributed by atoms with Crippen LogP contribution in [0.5, 0.6) is 5.75 Å². The van der Waals surface area contributed by atoms with Gasteiger partial charge in [-0.2, -0.15) is 0 Å². The summed E-state index contributed by atoms with van der Waals surface area (Å²) in [7, 11) is 3.38. The van der Waals surface area contributed by atoms with E-state index in [0.29, 0.717) is 19.8 Å². The predicted molar refractivity (Wildman–Crippen MR) is 103 cm³/mol. The standard InChI is InChI=1S/C19H33N3O3/c1-5-20-19(21-10-6-12-25-14-13-23-3)22-11-9-17-8-7-16(2)18(15-17)24-4/h7-8,15H,5-6,9-14H2,1-4H3,(H2,20,21,22). The number of rotatable bonds is 12. The molecule has 0 amide bonds. The highest BCUT2D eigenvalue weighted by Gasteiger charge is 2.02. The van der Waals surface area contributed by atoms with E-state index in [9.17, 15) is 0 Å². The van der Waals surface area contributed by atoms with Gasteiger partial charge in [-0.05, 0) is 43.9 Å². The maximum Gasteiger partial charge on any atom is 0.191 e. The molecule has 0 saturated carbocycles. The smallest absolute Gasteiger partial charge is 0.191 e. The molecule has 0 atom stereocenters. The topological polar surface area (TPSA) is 64.1 Å². The van der Waals surface area contributed by atoms with Crippen LogP contribution in [0.25, 0.3) is 0 Å². The minimum atomic E-state index is 0.636. The summed E-state index contributed by atoms with van der Waals surface area (Å²) >= 11 is 0. The molecule has 142 valence electrons. The lowest BCUT2D eigenvalue weighted by Crippen LogP contribution is -2.38. The number of benzene rings is 1. The lowest BCUT2D eigenvalue weighted by atomic mass is 10.1. The highest BCUT2D eigenvalue weighted by Crippen LogP contribution is 2.18. The molecular weight excluding hydrogens is 318 g/mol. The Kier molecular flexibility index (Phi) is 11.5. The molecule has 0 aromatic heterocycles. The molecule has 1 aromatic rings. The molecule has 0 fully saturated rings. The fourth-order valence-electron chi connectivity index (χ4n) is 2.29. The molecular formula is C19H33N3O3. The molecule has 0 bridgehead atoms. The number of hydrogen-bond acceptors (Lipinski definition) is 4. The second-order valence-electron chi connectivity index (χ2n) is 5.70. The number of methoxy groups -OCH3 is 2. The normalized spacial score (nSPS) is 11.4. The first-order valence-electron chi connectivity index (χ1n) is 8.93. The van der Waals surface area contributed by atoms with Crippen LogP contribution in [-0.2, 0) is 15.9 Å². The van der Waals surface area contributed by atoms with E-state index >= 15 is 0 Å². The maximum absolute atomic E-state index is 5.44. The van der Waals surface area contributed by atoms with E-state index in [2.05, 4.69) is 47.7 Å². The van der Waals surface area contributed by atoms with Gasteiger partial charge in [0.05, 0.1) is 20.3 Å². The quantitative estimate of drug-likeness (QED) is 0.343. The lowest BCUT2D eigenvalue weighted by Gasteiger charge is -2.12. The number of nitrogens with one attached hydrogen (secondary N) is 2. The summed E-state index contributed by atoms with van der Waals surface area (Å²) in [6.07, 6.45) is 1.82. The van der Waals surface area contributed by atoms with Gasteiger partial charge >= 0.3 is 0 Å². The van der Waals surface area contributed by atoms with Gasteiger partial charge in [-0.1, -0.05) is 12.1 Å². The van der Waals surface area contributed by atoms with E-state index in [4.69, 9.17) is 14.2 Å². The van der Waals surface area contributed by atoms with Crippen molar-refractivity contribution in [2.75, 3.05) is 53.7 Å². The van der Waals surface area contributed by atoms with Gasteiger partial charge in [0.2, 0.25) is 0 Å². The molecule has 0 unspecified atom stereocenters. The van der Waals surface area contributed by atoms with Crippen LogP contribution in [0, 0.1) is 6.92 Å². The van der Waals surface area contributed by atoms with E-state index in [0.717, 1.165) is 49.7 Å². The first kappa shape index (κ1) is 21.3. The fraction of sp³-hybridized carbons (Fsp3) is 0.632. The molecule has 0 aliphatic carbocycles. The van der Waals surface area contributed by atoms with Crippen molar-refractivity contribution >= 4 is 5.96 Å². The van der Waals surface area contributed by atoms with Crippen LogP contribution >= 0.6 is 0 Å². The largest absolute Gasteiger partial charge is 0.496 e. The molecule has 2 N–H and O–H groups in total. The minimum absolute atomic E-state index is 0.636. The molecule has 6 heteroatoms. The summed E-state index contributed by atoms with van der Waals surface area (Å²) < 4.78 is 15.8. The molecule has 0 aliphatic heterocycles. The molecule has 1 aromatic carbocycles. The molecule has 6 nitrogen and oxygen atoms in total. The van der Waals surface area contributed by atoms with Gasteiger partial charge in [0.1, 0.15) is 5.75 Å². The third kappa shape index (κ3) is 9.31. The Morgan fingerprint density at radius 3 is 2.68 bits per heavy atom.